The number of thioether (sulfide) groups is 1. The number of carbonyl (C=O) groups is 2. The van der Waals surface area contributed by atoms with Gasteiger partial charge in [-0.2, -0.15) is 0 Å². The zero-order valence-corrected chi connectivity index (χ0v) is 24.7. The van der Waals surface area contributed by atoms with E-state index in [0.717, 1.165) is 17.1 Å². The van der Waals surface area contributed by atoms with E-state index in [1.54, 1.807) is 0 Å². The Bertz CT molecular complexity index is 1230. The summed E-state index contributed by atoms with van der Waals surface area (Å²) in [6, 6.07) is 17.4. The van der Waals surface area contributed by atoms with Crippen LogP contribution in [0.15, 0.2) is 53.4 Å². The fourth-order valence-electron chi connectivity index (χ4n) is 4.37. The Balaban J connectivity index is 1.63. The number of amides is 1. The number of thiophene rings is 1. The zero-order chi connectivity index (χ0) is 27.4. The van der Waals surface area contributed by atoms with Crippen LogP contribution >= 0.6 is 23.1 Å². The van der Waals surface area contributed by atoms with Crippen molar-refractivity contribution in [1.82, 2.24) is 5.32 Å². The predicted octanol–water partition coefficient (Wildman–Crippen LogP) is 7.89. The van der Waals surface area contributed by atoms with Crippen LogP contribution in [0.2, 0.25) is 0 Å². The van der Waals surface area contributed by atoms with E-state index in [1.165, 1.54) is 44.0 Å². The van der Waals surface area contributed by atoms with Gasteiger partial charge in [0, 0.05) is 22.1 Å². The standard InChI is InChI=1S/C31H39NO3S2/c1-20-16-25(17-21(2)28(20)22-8-10-23(11-9-22)30(3,4)5)36-19-31(6,7)18-24-12-13-26(37-24)29(35)32-15-14-27(33)34/h8-13,16-17H,14-15,18-19H2,1-7H3,(H,32,35)(H,33,34). The molecular weight excluding hydrogens is 498 g/mol. The van der Waals surface area contributed by atoms with Crippen molar-refractivity contribution < 1.29 is 14.7 Å². The highest BCUT2D eigenvalue weighted by Gasteiger charge is 2.22. The van der Waals surface area contributed by atoms with E-state index in [9.17, 15) is 9.59 Å². The quantitative estimate of drug-likeness (QED) is 0.258. The number of aryl methyl sites for hydroxylation is 2. The molecule has 0 saturated heterocycles. The van der Waals surface area contributed by atoms with E-state index >= 15 is 0 Å². The van der Waals surface area contributed by atoms with Gasteiger partial charge >= 0.3 is 5.97 Å². The smallest absolute Gasteiger partial charge is 0.305 e. The van der Waals surface area contributed by atoms with Gasteiger partial charge in [-0.3, -0.25) is 9.59 Å². The lowest BCUT2D eigenvalue weighted by Crippen LogP contribution is -2.25. The fourth-order valence-corrected chi connectivity index (χ4v) is 6.73. The third-order valence-electron chi connectivity index (χ3n) is 6.34. The van der Waals surface area contributed by atoms with Gasteiger partial charge in [0.05, 0.1) is 11.3 Å². The Morgan fingerprint density at radius 3 is 2.14 bits per heavy atom. The van der Waals surface area contributed by atoms with Crippen molar-refractivity contribution in [2.75, 3.05) is 12.3 Å². The molecule has 1 heterocycles. The minimum absolute atomic E-state index is 0.0514. The molecule has 0 aliphatic heterocycles. The highest BCUT2D eigenvalue weighted by atomic mass is 32.2. The Labute approximate surface area is 229 Å². The number of aliphatic carboxylic acids is 1. The molecule has 3 rings (SSSR count). The maximum Gasteiger partial charge on any atom is 0.305 e. The van der Waals surface area contributed by atoms with Gasteiger partial charge in [0.15, 0.2) is 0 Å². The first kappa shape index (κ1) is 29.0. The molecule has 3 aromatic rings. The number of nitrogens with one attached hydrogen (secondary N) is 1. The third kappa shape index (κ3) is 8.21. The van der Waals surface area contributed by atoms with E-state index < -0.39 is 5.97 Å². The van der Waals surface area contributed by atoms with E-state index in [4.69, 9.17) is 5.11 Å². The Morgan fingerprint density at radius 1 is 0.946 bits per heavy atom. The number of carboxylic acid groups (broad SMARTS) is 1. The first-order valence-electron chi connectivity index (χ1n) is 12.7. The molecule has 1 amide bonds. The number of rotatable bonds is 10. The Morgan fingerprint density at radius 2 is 1.57 bits per heavy atom. The van der Waals surface area contributed by atoms with Gasteiger partial charge in [-0.15, -0.1) is 23.1 Å². The number of carbonyl (C=O) groups excluding carboxylic acids is 1. The van der Waals surface area contributed by atoms with Gasteiger partial charge in [0.1, 0.15) is 0 Å². The molecule has 0 radical (unpaired) electrons. The molecule has 0 saturated carbocycles. The van der Waals surface area contributed by atoms with Gasteiger partial charge < -0.3 is 10.4 Å². The van der Waals surface area contributed by atoms with E-state index in [1.807, 2.05) is 23.9 Å². The summed E-state index contributed by atoms with van der Waals surface area (Å²) in [6.45, 7) is 15.8. The van der Waals surface area contributed by atoms with Gasteiger partial charge in [0.25, 0.3) is 5.91 Å². The Hall–Kier alpha value is -2.57. The first-order valence-corrected chi connectivity index (χ1v) is 14.5. The lowest BCUT2D eigenvalue weighted by atomic mass is 9.85. The molecule has 198 valence electrons. The molecule has 0 aliphatic rings. The average Bonchev–Trinajstić information content (AvgIpc) is 3.25. The van der Waals surface area contributed by atoms with Crippen molar-refractivity contribution in [2.45, 2.75) is 71.6 Å². The number of hydrogen-bond acceptors (Lipinski definition) is 4. The van der Waals surface area contributed by atoms with Crippen LogP contribution < -0.4 is 5.32 Å². The SMILES string of the molecule is Cc1cc(SCC(C)(C)Cc2ccc(C(=O)NCCC(=O)O)s2)cc(C)c1-c1ccc(C(C)(C)C)cc1. The maximum atomic E-state index is 12.3. The number of carboxylic acids is 1. The average molecular weight is 538 g/mol. The second-order valence-corrected chi connectivity index (χ2v) is 13.8. The van der Waals surface area contributed by atoms with E-state index in [2.05, 4.69) is 90.2 Å². The summed E-state index contributed by atoms with van der Waals surface area (Å²) >= 11 is 3.37. The monoisotopic (exact) mass is 537 g/mol. The third-order valence-corrected chi connectivity index (χ3v) is 8.92. The van der Waals surface area contributed by atoms with Gasteiger partial charge in [-0.25, -0.2) is 0 Å². The molecule has 37 heavy (non-hydrogen) atoms. The van der Waals surface area contributed by atoms with Crippen molar-refractivity contribution in [1.29, 1.82) is 0 Å². The second kappa shape index (κ2) is 11.9. The van der Waals surface area contributed by atoms with Crippen molar-refractivity contribution in [3.63, 3.8) is 0 Å². The normalized spacial score (nSPS) is 12.0. The summed E-state index contributed by atoms with van der Waals surface area (Å²) in [4.78, 5) is 26.0. The molecule has 0 spiro atoms. The van der Waals surface area contributed by atoms with Crippen molar-refractivity contribution in [3.8, 4) is 11.1 Å². The molecule has 2 N–H and O–H groups in total. The van der Waals surface area contributed by atoms with Crippen LogP contribution in [0.4, 0.5) is 0 Å². The van der Waals surface area contributed by atoms with Crippen LogP contribution in [0, 0.1) is 19.3 Å². The first-order chi connectivity index (χ1) is 17.2. The molecular formula is C31H39NO3S2. The summed E-state index contributed by atoms with van der Waals surface area (Å²) < 4.78 is 0. The van der Waals surface area contributed by atoms with Crippen LogP contribution in [-0.2, 0) is 16.6 Å². The molecule has 0 bridgehead atoms. The molecule has 1 aromatic heterocycles. The lowest BCUT2D eigenvalue weighted by molar-refractivity contribution is -0.136. The maximum absolute atomic E-state index is 12.3. The van der Waals surface area contributed by atoms with Crippen molar-refractivity contribution in [3.05, 3.63) is 75.0 Å². The summed E-state index contributed by atoms with van der Waals surface area (Å²) in [7, 11) is 0. The molecule has 0 aliphatic carbocycles. The highest BCUT2D eigenvalue weighted by molar-refractivity contribution is 7.99. The second-order valence-electron chi connectivity index (χ2n) is 11.6. The highest BCUT2D eigenvalue weighted by Crippen LogP contribution is 2.37. The van der Waals surface area contributed by atoms with E-state index in [0.29, 0.717) is 4.88 Å². The van der Waals surface area contributed by atoms with Gasteiger partial charge in [-0.05, 0) is 83.2 Å². The largest absolute Gasteiger partial charge is 0.481 e. The lowest BCUT2D eigenvalue weighted by Gasteiger charge is -2.24. The predicted molar refractivity (Wildman–Crippen MR) is 157 cm³/mol. The molecule has 0 atom stereocenters. The molecule has 0 unspecified atom stereocenters. The Kier molecular flexibility index (Phi) is 9.30. The number of benzene rings is 2. The summed E-state index contributed by atoms with van der Waals surface area (Å²) in [5.74, 6) is -0.159. The molecule has 0 fully saturated rings. The zero-order valence-electron chi connectivity index (χ0n) is 23.0. The van der Waals surface area contributed by atoms with Crippen molar-refractivity contribution in [2.24, 2.45) is 5.41 Å². The van der Waals surface area contributed by atoms with Gasteiger partial charge in [-0.1, -0.05) is 58.9 Å². The minimum atomic E-state index is -0.916. The van der Waals surface area contributed by atoms with Crippen LogP contribution in [-0.4, -0.2) is 29.3 Å². The topological polar surface area (TPSA) is 66.4 Å². The summed E-state index contributed by atoms with van der Waals surface area (Å²) in [5, 5.41) is 11.4. The fraction of sp³-hybridized carbons (Fsp3) is 0.419. The molecule has 2 aromatic carbocycles. The van der Waals surface area contributed by atoms with E-state index in [-0.39, 0.29) is 29.7 Å². The summed E-state index contributed by atoms with van der Waals surface area (Å²) in [5.41, 5.74) is 6.71. The molecule has 6 heteroatoms. The van der Waals surface area contributed by atoms with Crippen LogP contribution in [0.1, 0.15) is 72.3 Å². The van der Waals surface area contributed by atoms with Crippen LogP contribution in [0.5, 0.6) is 0 Å². The molecule has 4 nitrogen and oxygen atoms in total. The van der Waals surface area contributed by atoms with Crippen LogP contribution in [0.25, 0.3) is 11.1 Å². The van der Waals surface area contributed by atoms with Gasteiger partial charge in [0.2, 0.25) is 0 Å². The van der Waals surface area contributed by atoms with Crippen molar-refractivity contribution >= 4 is 35.0 Å². The summed E-state index contributed by atoms with van der Waals surface area (Å²) in [6.07, 6.45) is 0.806. The minimum Gasteiger partial charge on any atom is -0.481 e. The number of hydrogen-bond donors (Lipinski definition) is 2. The van der Waals surface area contributed by atoms with Crippen LogP contribution in [0.3, 0.4) is 0 Å².